The largest absolute Gasteiger partial charge is 0.465 e. The average molecular weight is 340 g/mol. The predicted octanol–water partition coefficient (Wildman–Crippen LogP) is 3.77. The van der Waals surface area contributed by atoms with Gasteiger partial charge in [0.05, 0.1) is 17.7 Å². The molecule has 0 atom stereocenters. The highest BCUT2D eigenvalue weighted by Gasteiger charge is 2.35. The van der Waals surface area contributed by atoms with Gasteiger partial charge in [-0.25, -0.2) is 9.59 Å². The van der Waals surface area contributed by atoms with Crippen molar-refractivity contribution in [1.29, 1.82) is 0 Å². The van der Waals surface area contributed by atoms with Gasteiger partial charge in [-0.3, -0.25) is 0 Å². The van der Waals surface area contributed by atoms with Crippen LogP contribution >= 0.6 is 11.6 Å². The van der Waals surface area contributed by atoms with Gasteiger partial charge >= 0.3 is 12.1 Å². The van der Waals surface area contributed by atoms with E-state index in [-0.39, 0.29) is 12.0 Å². The molecular weight excluding hydrogens is 318 g/mol. The van der Waals surface area contributed by atoms with E-state index in [1.165, 1.54) is 7.11 Å². The maximum Gasteiger partial charge on any atom is 0.410 e. The Morgan fingerprint density at radius 3 is 2.35 bits per heavy atom. The molecule has 0 aromatic heterocycles. The molecule has 2 rings (SSSR count). The van der Waals surface area contributed by atoms with Crippen molar-refractivity contribution < 1.29 is 19.1 Å². The molecule has 0 radical (unpaired) electrons. The lowest BCUT2D eigenvalue weighted by atomic mass is 9.89. The first-order valence-corrected chi connectivity index (χ1v) is 7.86. The van der Waals surface area contributed by atoms with Crippen LogP contribution in [0.2, 0.25) is 5.02 Å². The maximum absolute atomic E-state index is 12.0. The van der Waals surface area contributed by atoms with Crippen molar-refractivity contribution in [3.8, 4) is 0 Å². The summed E-state index contributed by atoms with van der Waals surface area (Å²) in [6.45, 7) is 8.53. The van der Waals surface area contributed by atoms with Gasteiger partial charge in [-0.05, 0) is 44.9 Å². The number of benzene rings is 1. The van der Waals surface area contributed by atoms with Gasteiger partial charge in [-0.1, -0.05) is 17.7 Å². The Kier molecular flexibility index (Phi) is 4.90. The van der Waals surface area contributed by atoms with Crippen LogP contribution in [0.1, 0.15) is 48.2 Å². The van der Waals surface area contributed by atoms with E-state index in [1.807, 2.05) is 33.8 Å². The molecular formula is C17H22ClNO4. The number of methoxy groups -OCH3 is 1. The molecule has 6 heteroatoms. The molecule has 0 unspecified atom stereocenters. The minimum Gasteiger partial charge on any atom is -0.465 e. The zero-order valence-electron chi connectivity index (χ0n) is 14.1. The van der Waals surface area contributed by atoms with E-state index in [1.54, 1.807) is 11.0 Å². The number of nitrogens with zero attached hydrogens (tertiary/aromatic N) is 1. The SMILES string of the molecule is COC(=O)c1c(C)cc(C2CN(C(=O)OC(C)(C)C)C2)cc1Cl. The second-order valence-corrected chi connectivity index (χ2v) is 7.18. The molecule has 126 valence electrons. The summed E-state index contributed by atoms with van der Waals surface area (Å²) < 4.78 is 10.1. The number of carbonyl (C=O) groups is 2. The van der Waals surface area contributed by atoms with Crippen LogP contribution < -0.4 is 0 Å². The van der Waals surface area contributed by atoms with Gasteiger partial charge in [-0.15, -0.1) is 0 Å². The van der Waals surface area contributed by atoms with Gasteiger partial charge in [-0.2, -0.15) is 0 Å². The zero-order chi connectivity index (χ0) is 17.4. The van der Waals surface area contributed by atoms with Crippen molar-refractivity contribution in [2.24, 2.45) is 0 Å². The summed E-state index contributed by atoms with van der Waals surface area (Å²) in [6.07, 6.45) is -0.303. The van der Waals surface area contributed by atoms with E-state index in [0.717, 1.165) is 11.1 Å². The molecule has 1 aromatic carbocycles. The average Bonchev–Trinajstić information content (AvgIpc) is 2.33. The molecule has 1 aliphatic heterocycles. The van der Waals surface area contributed by atoms with E-state index in [2.05, 4.69) is 0 Å². The van der Waals surface area contributed by atoms with Gasteiger partial charge in [0.2, 0.25) is 0 Å². The predicted molar refractivity (Wildman–Crippen MR) is 88.1 cm³/mol. The first kappa shape index (κ1) is 17.6. The minimum atomic E-state index is -0.496. The summed E-state index contributed by atoms with van der Waals surface area (Å²) in [4.78, 5) is 25.3. The third-order valence-corrected chi connectivity index (χ3v) is 4.00. The van der Waals surface area contributed by atoms with Crippen LogP contribution in [0.4, 0.5) is 4.79 Å². The molecule has 1 aromatic rings. The van der Waals surface area contributed by atoms with Crippen molar-refractivity contribution in [1.82, 2.24) is 4.90 Å². The van der Waals surface area contributed by atoms with Crippen LogP contribution in [0.3, 0.4) is 0 Å². The fourth-order valence-electron chi connectivity index (χ4n) is 2.53. The second-order valence-electron chi connectivity index (χ2n) is 6.77. The maximum atomic E-state index is 12.0. The van der Waals surface area contributed by atoms with Crippen LogP contribution in [0.15, 0.2) is 12.1 Å². The number of ether oxygens (including phenoxy) is 2. The summed E-state index contributed by atoms with van der Waals surface area (Å²) >= 11 is 6.21. The van der Waals surface area contributed by atoms with Crippen LogP contribution in [0.25, 0.3) is 0 Å². The Labute approximate surface area is 141 Å². The molecule has 0 saturated carbocycles. The van der Waals surface area contributed by atoms with Gasteiger partial charge in [0.15, 0.2) is 0 Å². The molecule has 1 fully saturated rings. The summed E-state index contributed by atoms with van der Waals surface area (Å²) in [7, 11) is 1.33. The minimum absolute atomic E-state index is 0.199. The Hall–Kier alpha value is -1.75. The van der Waals surface area contributed by atoms with E-state index in [9.17, 15) is 9.59 Å². The highest BCUT2D eigenvalue weighted by Crippen LogP contribution is 2.33. The molecule has 1 saturated heterocycles. The number of halogens is 1. The number of rotatable bonds is 2. The molecule has 0 spiro atoms. The molecule has 1 amide bonds. The first-order valence-electron chi connectivity index (χ1n) is 7.48. The number of esters is 1. The van der Waals surface area contributed by atoms with Crippen LogP contribution in [0.5, 0.6) is 0 Å². The van der Waals surface area contributed by atoms with Gasteiger partial charge < -0.3 is 14.4 Å². The fourth-order valence-corrected chi connectivity index (χ4v) is 2.88. The first-order chi connectivity index (χ1) is 10.6. The van der Waals surface area contributed by atoms with Crippen LogP contribution in [-0.2, 0) is 9.47 Å². The number of likely N-dealkylation sites (tertiary alicyclic amines) is 1. The summed E-state index contributed by atoms with van der Waals surface area (Å²) in [5.74, 6) is -0.242. The topological polar surface area (TPSA) is 55.8 Å². The van der Waals surface area contributed by atoms with E-state index in [0.29, 0.717) is 23.7 Å². The third kappa shape index (κ3) is 3.96. The van der Waals surface area contributed by atoms with Crippen molar-refractivity contribution in [3.63, 3.8) is 0 Å². The molecule has 1 aliphatic rings. The smallest absolute Gasteiger partial charge is 0.410 e. The highest BCUT2D eigenvalue weighted by molar-refractivity contribution is 6.33. The fraction of sp³-hybridized carbons (Fsp3) is 0.529. The molecule has 23 heavy (non-hydrogen) atoms. The molecule has 1 heterocycles. The van der Waals surface area contributed by atoms with E-state index in [4.69, 9.17) is 21.1 Å². The zero-order valence-corrected chi connectivity index (χ0v) is 14.9. The summed E-state index contributed by atoms with van der Waals surface area (Å²) in [5, 5.41) is 0.377. The summed E-state index contributed by atoms with van der Waals surface area (Å²) in [6, 6.07) is 3.70. The Balaban J connectivity index is 2.06. The Bertz CT molecular complexity index is 607. The normalized spacial score (nSPS) is 15.1. The quantitative estimate of drug-likeness (QED) is 0.770. The number of aryl methyl sites for hydroxylation is 1. The highest BCUT2D eigenvalue weighted by atomic mass is 35.5. The van der Waals surface area contributed by atoms with Crippen LogP contribution in [0, 0.1) is 6.92 Å². The van der Waals surface area contributed by atoms with Crippen LogP contribution in [-0.4, -0.2) is 42.8 Å². The number of hydrogen-bond donors (Lipinski definition) is 0. The van der Waals surface area contributed by atoms with E-state index < -0.39 is 11.6 Å². The van der Waals surface area contributed by atoms with Gasteiger partial charge in [0, 0.05) is 19.0 Å². The standard InChI is InChI=1S/C17H22ClNO4/c1-10-6-11(7-13(18)14(10)15(20)22-5)12-8-19(9-12)16(21)23-17(2,3)4/h6-7,12H,8-9H2,1-5H3. The molecule has 5 nitrogen and oxygen atoms in total. The third-order valence-electron chi connectivity index (χ3n) is 3.70. The summed E-state index contributed by atoms with van der Waals surface area (Å²) in [5.41, 5.74) is 1.68. The van der Waals surface area contributed by atoms with Crippen molar-refractivity contribution in [2.45, 2.75) is 39.2 Å². The number of hydrogen-bond acceptors (Lipinski definition) is 4. The Morgan fingerprint density at radius 2 is 1.87 bits per heavy atom. The lowest BCUT2D eigenvalue weighted by Gasteiger charge is -2.40. The van der Waals surface area contributed by atoms with Gasteiger partial charge in [0.1, 0.15) is 5.60 Å². The molecule has 0 bridgehead atoms. The number of carbonyl (C=O) groups excluding carboxylic acids is 2. The van der Waals surface area contributed by atoms with E-state index >= 15 is 0 Å². The number of amides is 1. The van der Waals surface area contributed by atoms with Crippen molar-refractivity contribution in [2.75, 3.05) is 20.2 Å². The van der Waals surface area contributed by atoms with Gasteiger partial charge in [0.25, 0.3) is 0 Å². The lowest BCUT2D eigenvalue weighted by molar-refractivity contribution is 0.00819. The molecule has 0 aliphatic carbocycles. The second kappa shape index (κ2) is 6.40. The molecule has 0 N–H and O–H groups in total. The van der Waals surface area contributed by atoms with Crippen molar-refractivity contribution in [3.05, 3.63) is 33.8 Å². The van der Waals surface area contributed by atoms with Crippen molar-refractivity contribution >= 4 is 23.7 Å². The lowest BCUT2D eigenvalue weighted by Crippen LogP contribution is -2.50. The Morgan fingerprint density at radius 1 is 1.26 bits per heavy atom. The monoisotopic (exact) mass is 339 g/mol.